The van der Waals surface area contributed by atoms with Gasteiger partial charge in [-0.3, -0.25) is 4.79 Å². The predicted octanol–water partition coefficient (Wildman–Crippen LogP) is 4.53. The summed E-state index contributed by atoms with van der Waals surface area (Å²) in [4.78, 5) is 12.5. The molecule has 0 aliphatic carbocycles. The molecule has 0 saturated heterocycles. The molecule has 0 heterocycles. The Hall–Kier alpha value is -1.46. The fraction of sp³-hybridized carbons (Fsp3) is 0.188. The number of Topliss-reactive ketones (excluding diaryl/α,β-unsaturated/α-hetero) is 1. The number of halogens is 1. The van der Waals surface area contributed by atoms with Crippen molar-refractivity contribution in [3.8, 4) is 5.75 Å². The summed E-state index contributed by atoms with van der Waals surface area (Å²) in [5.74, 6) is 1.51. The van der Waals surface area contributed by atoms with Crippen molar-refractivity contribution in [2.24, 2.45) is 0 Å². The highest BCUT2D eigenvalue weighted by Gasteiger charge is 2.09. The third kappa shape index (κ3) is 4.02. The lowest BCUT2D eigenvalue weighted by molar-refractivity contribution is 0.101. The molecule has 0 amide bonds. The lowest BCUT2D eigenvalue weighted by atomic mass is 10.1. The topological polar surface area (TPSA) is 52.3 Å². The highest BCUT2D eigenvalue weighted by atomic mass is 79.9. The number of ketones is 1. The maximum absolute atomic E-state index is 11.5. The molecule has 21 heavy (non-hydrogen) atoms. The number of carbonyl (C=O) groups excluding carboxylic acids is 1. The molecule has 0 fully saturated rings. The van der Waals surface area contributed by atoms with Crippen molar-refractivity contribution < 1.29 is 9.53 Å². The van der Waals surface area contributed by atoms with Crippen LogP contribution in [0.5, 0.6) is 5.75 Å². The number of ether oxygens (including phenoxy) is 1. The van der Waals surface area contributed by atoms with Crippen LogP contribution in [0.25, 0.3) is 0 Å². The summed E-state index contributed by atoms with van der Waals surface area (Å²) in [6, 6.07) is 11.3. The first-order valence-corrected chi connectivity index (χ1v) is 8.15. The van der Waals surface area contributed by atoms with Crippen LogP contribution in [-0.4, -0.2) is 12.9 Å². The number of hydrogen-bond acceptors (Lipinski definition) is 4. The Morgan fingerprint density at radius 2 is 2.05 bits per heavy atom. The second-order valence-electron chi connectivity index (χ2n) is 4.55. The highest BCUT2D eigenvalue weighted by molar-refractivity contribution is 9.10. The molecule has 2 aromatic carbocycles. The van der Waals surface area contributed by atoms with Gasteiger partial charge in [0.1, 0.15) is 5.75 Å². The van der Waals surface area contributed by atoms with Crippen LogP contribution < -0.4 is 10.5 Å². The molecule has 3 nitrogen and oxygen atoms in total. The van der Waals surface area contributed by atoms with Crippen LogP contribution in [0.15, 0.2) is 45.8 Å². The van der Waals surface area contributed by atoms with Gasteiger partial charge in [-0.15, -0.1) is 11.8 Å². The molecule has 0 atom stereocenters. The quantitative estimate of drug-likeness (QED) is 0.480. The lowest BCUT2D eigenvalue weighted by Crippen LogP contribution is -1.97. The Bertz CT molecular complexity index is 673. The number of rotatable bonds is 5. The Balaban J connectivity index is 2.24. The molecule has 0 bridgehead atoms. The van der Waals surface area contributed by atoms with Gasteiger partial charge in [0.15, 0.2) is 5.78 Å². The van der Waals surface area contributed by atoms with Gasteiger partial charge in [-0.25, -0.2) is 0 Å². The van der Waals surface area contributed by atoms with E-state index in [1.54, 1.807) is 31.9 Å². The van der Waals surface area contributed by atoms with Crippen molar-refractivity contribution in [3.63, 3.8) is 0 Å². The van der Waals surface area contributed by atoms with Crippen LogP contribution in [-0.2, 0) is 5.75 Å². The van der Waals surface area contributed by atoms with Crippen molar-refractivity contribution in [3.05, 3.63) is 52.0 Å². The van der Waals surface area contributed by atoms with Crippen LogP contribution in [0, 0.1) is 0 Å². The molecule has 0 radical (unpaired) electrons. The zero-order valence-corrected chi connectivity index (χ0v) is 14.3. The first-order valence-electron chi connectivity index (χ1n) is 6.37. The third-order valence-corrected chi connectivity index (χ3v) is 4.66. The molecule has 5 heteroatoms. The monoisotopic (exact) mass is 365 g/mol. The van der Waals surface area contributed by atoms with Gasteiger partial charge in [0.25, 0.3) is 0 Å². The maximum Gasteiger partial charge on any atom is 0.159 e. The highest BCUT2D eigenvalue weighted by Crippen LogP contribution is 2.33. The van der Waals surface area contributed by atoms with Gasteiger partial charge in [-0.2, -0.15) is 0 Å². The van der Waals surface area contributed by atoms with Gasteiger partial charge in [0.2, 0.25) is 0 Å². The van der Waals surface area contributed by atoms with E-state index in [0.717, 1.165) is 26.4 Å². The van der Waals surface area contributed by atoms with E-state index in [0.29, 0.717) is 11.3 Å². The van der Waals surface area contributed by atoms with Crippen LogP contribution in [0.2, 0.25) is 0 Å². The molecule has 0 unspecified atom stereocenters. The van der Waals surface area contributed by atoms with Crippen molar-refractivity contribution in [2.45, 2.75) is 17.6 Å². The van der Waals surface area contributed by atoms with Gasteiger partial charge in [0.05, 0.1) is 7.11 Å². The predicted molar refractivity (Wildman–Crippen MR) is 91.1 cm³/mol. The number of benzene rings is 2. The van der Waals surface area contributed by atoms with Gasteiger partial charge < -0.3 is 10.5 Å². The van der Waals surface area contributed by atoms with E-state index in [4.69, 9.17) is 10.5 Å². The van der Waals surface area contributed by atoms with E-state index in [1.807, 2.05) is 30.3 Å². The number of nitrogens with two attached hydrogens (primary N) is 1. The molecule has 0 aliphatic heterocycles. The second-order valence-corrected chi connectivity index (χ2v) is 6.49. The molecule has 0 spiro atoms. The van der Waals surface area contributed by atoms with Crippen molar-refractivity contribution in [1.82, 2.24) is 0 Å². The minimum absolute atomic E-state index is 0.0471. The zero-order chi connectivity index (χ0) is 15.4. The molecule has 2 N–H and O–H groups in total. The first kappa shape index (κ1) is 15.9. The van der Waals surface area contributed by atoms with Crippen molar-refractivity contribution in [1.29, 1.82) is 0 Å². The zero-order valence-electron chi connectivity index (χ0n) is 11.9. The molecule has 0 saturated carbocycles. The largest absolute Gasteiger partial charge is 0.496 e. The molecular weight excluding hydrogens is 350 g/mol. The summed E-state index contributed by atoms with van der Waals surface area (Å²) in [7, 11) is 1.63. The molecular formula is C16H16BrNO2S. The Labute approximate surface area is 137 Å². The standard InChI is InChI=1S/C16H16BrNO2S/c1-10(19)11-3-6-15(20-2)12(7-11)9-21-16-8-13(17)4-5-14(16)18/h3-8H,9,18H2,1-2H3. The summed E-state index contributed by atoms with van der Waals surface area (Å²) in [5.41, 5.74) is 8.39. The van der Waals surface area contributed by atoms with E-state index in [-0.39, 0.29) is 5.78 Å². The van der Waals surface area contributed by atoms with Gasteiger partial charge in [-0.05, 0) is 43.3 Å². The number of nitrogen functional groups attached to an aromatic ring is 1. The summed E-state index contributed by atoms with van der Waals surface area (Å²) in [6.07, 6.45) is 0. The van der Waals surface area contributed by atoms with Gasteiger partial charge in [-0.1, -0.05) is 15.9 Å². The molecule has 2 aromatic rings. The van der Waals surface area contributed by atoms with Crippen LogP contribution in [0.1, 0.15) is 22.8 Å². The first-order chi connectivity index (χ1) is 10.0. The second kappa shape index (κ2) is 7.00. The number of carbonyl (C=O) groups is 1. The average molecular weight is 366 g/mol. The lowest BCUT2D eigenvalue weighted by Gasteiger charge is -2.11. The van der Waals surface area contributed by atoms with Crippen LogP contribution >= 0.6 is 27.7 Å². The third-order valence-electron chi connectivity index (χ3n) is 3.05. The molecule has 0 aromatic heterocycles. The van der Waals surface area contributed by atoms with E-state index >= 15 is 0 Å². The summed E-state index contributed by atoms with van der Waals surface area (Å²) in [5, 5.41) is 0. The SMILES string of the molecule is COc1ccc(C(C)=O)cc1CSc1cc(Br)ccc1N. The van der Waals surface area contributed by atoms with Crippen molar-refractivity contribution in [2.75, 3.05) is 12.8 Å². The Kier molecular flexibility index (Phi) is 5.31. The Morgan fingerprint density at radius 1 is 1.29 bits per heavy atom. The number of hydrogen-bond donors (Lipinski definition) is 1. The van der Waals surface area contributed by atoms with E-state index < -0.39 is 0 Å². The average Bonchev–Trinajstić information content (AvgIpc) is 2.47. The van der Waals surface area contributed by atoms with E-state index in [1.165, 1.54) is 0 Å². The van der Waals surface area contributed by atoms with E-state index in [2.05, 4.69) is 15.9 Å². The molecule has 110 valence electrons. The summed E-state index contributed by atoms with van der Waals surface area (Å²) >= 11 is 5.06. The fourth-order valence-electron chi connectivity index (χ4n) is 1.90. The smallest absolute Gasteiger partial charge is 0.159 e. The molecule has 2 rings (SSSR count). The minimum Gasteiger partial charge on any atom is -0.496 e. The maximum atomic E-state index is 11.5. The fourth-order valence-corrected chi connectivity index (χ4v) is 3.39. The van der Waals surface area contributed by atoms with Gasteiger partial charge >= 0.3 is 0 Å². The number of anilines is 1. The van der Waals surface area contributed by atoms with Crippen LogP contribution in [0.4, 0.5) is 5.69 Å². The summed E-state index contributed by atoms with van der Waals surface area (Å²) < 4.78 is 6.35. The Morgan fingerprint density at radius 3 is 2.71 bits per heavy atom. The number of methoxy groups -OCH3 is 1. The minimum atomic E-state index is 0.0471. The normalized spacial score (nSPS) is 10.4. The summed E-state index contributed by atoms with van der Waals surface area (Å²) in [6.45, 7) is 1.56. The van der Waals surface area contributed by atoms with Gasteiger partial charge in [0, 0.05) is 31.9 Å². The van der Waals surface area contributed by atoms with E-state index in [9.17, 15) is 4.79 Å². The number of thioether (sulfide) groups is 1. The van der Waals surface area contributed by atoms with Crippen molar-refractivity contribution >= 4 is 39.2 Å². The molecule has 0 aliphatic rings. The van der Waals surface area contributed by atoms with Crippen LogP contribution in [0.3, 0.4) is 0 Å².